The number of aliphatic hydroxyl groups excluding tert-OH is 1. The van der Waals surface area contributed by atoms with Crippen LogP contribution in [-0.2, 0) is 65.4 Å². The van der Waals surface area contributed by atoms with Gasteiger partial charge in [0.05, 0.1) is 26.4 Å². The van der Waals surface area contributed by atoms with Gasteiger partial charge in [-0.2, -0.15) is 0 Å². The van der Waals surface area contributed by atoms with E-state index < -0.39 is 97.5 Å². The van der Waals surface area contributed by atoms with Crippen LogP contribution in [0.1, 0.15) is 466 Å². The number of ether oxygens (including phenoxy) is 4. The molecule has 6 atom stereocenters. The van der Waals surface area contributed by atoms with Crippen molar-refractivity contribution in [3.63, 3.8) is 0 Å². The van der Waals surface area contributed by atoms with Crippen LogP contribution in [0.2, 0.25) is 0 Å². The first-order valence-electron chi connectivity index (χ1n) is 45.4. The van der Waals surface area contributed by atoms with Crippen LogP contribution in [0, 0.1) is 17.8 Å². The molecule has 17 nitrogen and oxygen atoms in total. The van der Waals surface area contributed by atoms with Crippen LogP contribution < -0.4 is 0 Å². The number of hydrogen-bond donors (Lipinski definition) is 3. The molecule has 0 aromatic heterocycles. The second kappa shape index (κ2) is 78.0. The molecule has 0 aromatic rings. The van der Waals surface area contributed by atoms with Gasteiger partial charge in [-0.05, 0) is 43.4 Å². The van der Waals surface area contributed by atoms with Gasteiger partial charge in [-0.15, -0.1) is 0 Å². The Morgan fingerprint density at radius 3 is 0.710 bits per heavy atom. The number of unbranched alkanes of at least 4 members (excludes halogenated alkanes) is 53. The number of rotatable bonds is 86. The zero-order valence-electron chi connectivity index (χ0n) is 70.6. The second-order valence-electron chi connectivity index (χ2n) is 32.8. The fourth-order valence-corrected chi connectivity index (χ4v) is 15.3. The number of aliphatic hydroxyl groups is 1. The normalized spacial score (nSPS) is 14.1. The molecule has 0 bridgehead atoms. The van der Waals surface area contributed by atoms with Crippen LogP contribution in [0.25, 0.3) is 0 Å². The Labute approximate surface area is 658 Å². The molecule has 3 unspecified atom stereocenters. The van der Waals surface area contributed by atoms with E-state index in [1.54, 1.807) is 0 Å². The van der Waals surface area contributed by atoms with Gasteiger partial charge in [-0.25, -0.2) is 9.13 Å². The number of phosphoric acid groups is 2. The Morgan fingerprint density at radius 2 is 0.477 bits per heavy atom. The molecule has 0 fully saturated rings. The Morgan fingerprint density at radius 1 is 0.271 bits per heavy atom. The smallest absolute Gasteiger partial charge is 0.462 e. The highest BCUT2D eigenvalue weighted by molar-refractivity contribution is 7.47. The highest BCUT2D eigenvalue weighted by Crippen LogP contribution is 2.45. The predicted octanol–water partition coefficient (Wildman–Crippen LogP) is 26.9. The highest BCUT2D eigenvalue weighted by Gasteiger charge is 2.31. The van der Waals surface area contributed by atoms with Gasteiger partial charge < -0.3 is 33.8 Å². The van der Waals surface area contributed by atoms with Crippen molar-refractivity contribution in [2.75, 3.05) is 39.6 Å². The molecule has 19 heteroatoms. The van der Waals surface area contributed by atoms with Gasteiger partial charge >= 0.3 is 39.5 Å². The van der Waals surface area contributed by atoms with Crippen molar-refractivity contribution in [1.29, 1.82) is 0 Å². The summed E-state index contributed by atoms with van der Waals surface area (Å²) in [5.74, 6) is 0.342. The van der Waals surface area contributed by atoms with Gasteiger partial charge in [0.1, 0.15) is 19.3 Å². The fourth-order valence-electron chi connectivity index (χ4n) is 13.7. The molecule has 0 heterocycles. The number of phosphoric ester groups is 2. The van der Waals surface area contributed by atoms with Gasteiger partial charge in [0.15, 0.2) is 12.2 Å². The fraction of sp³-hybridized carbons (Fsp3) is 0.955. The third-order valence-corrected chi connectivity index (χ3v) is 22.9. The second-order valence-corrected chi connectivity index (χ2v) is 35.7. The van der Waals surface area contributed by atoms with Gasteiger partial charge in [-0.3, -0.25) is 37.3 Å². The Bertz CT molecular complexity index is 2060. The van der Waals surface area contributed by atoms with E-state index in [1.165, 1.54) is 276 Å². The topological polar surface area (TPSA) is 237 Å². The molecule has 0 spiro atoms. The molecule has 0 radical (unpaired) electrons. The number of carbonyl (C=O) groups excluding carboxylic acids is 4. The molecule has 0 aromatic carbocycles. The maximum atomic E-state index is 13.2. The molecule has 0 amide bonds. The van der Waals surface area contributed by atoms with Gasteiger partial charge in [0, 0.05) is 25.7 Å². The lowest BCUT2D eigenvalue weighted by molar-refractivity contribution is -0.161. The van der Waals surface area contributed by atoms with Crippen LogP contribution in [0.5, 0.6) is 0 Å². The molecule has 0 saturated carbocycles. The van der Waals surface area contributed by atoms with E-state index in [1.807, 2.05) is 0 Å². The number of carbonyl (C=O) groups is 4. The van der Waals surface area contributed by atoms with Gasteiger partial charge in [0.25, 0.3) is 0 Å². The van der Waals surface area contributed by atoms with Crippen molar-refractivity contribution < 1.29 is 80.2 Å². The minimum absolute atomic E-state index is 0.107. The highest BCUT2D eigenvalue weighted by atomic mass is 31.2. The van der Waals surface area contributed by atoms with Gasteiger partial charge in [0.2, 0.25) is 0 Å². The SMILES string of the molecule is CCCCCCCCCCCCCCCC(=O)OC[C@H](COP(=O)(O)OC[C@H](O)COP(=O)(O)OC[C@@H](COC(=O)CCCCCCCCCCCCCCCCCC(C)C)OC(=O)CCCCCCCCCCCCCCCCCCCCC(C)CC)OC(=O)CCCCCCCCCCCCCC(C)C. The van der Waals surface area contributed by atoms with Crippen LogP contribution in [0.15, 0.2) is 0 Å². The van der Waals surface area contributed by atoms with E-state index in [9.17, 15) is 43.2 Å². The quantitative estimate of drug-likeness (QED) is 0.0222. The molecule has 0 rings (SSSR count). The van der Waals surface area contributed by atoms with Crippen molar-refractivity contribution in [3.8, 4) is 0 Å². The van der Waals surface area contributed by atoms with Crippen molar-refractivity contribution >= 4 is 39.5 Å². The van der Waals surface area contributed by atoms with Gasteiger partial charge in [-0.1, -0.05) is 414 Å². The summed E-state index contributed by atoms with van der Waals surface area (Å²) >= 11 is 0. The number of hydrogen-bond acceptors (Lipinski definition) is 15. The first-order chi connectivity index (χ1) is 51.8. The van der Waals surface area contributed by atoms with E-state index >= 15 is 0 Å². The first kappa shape index (κ1) is 105. The Hall–Kier alpha value is -1.94. The molecule has 0 aliphatic carbocycles. The maximum Gasteiger partial charge on any atom is 0.472 e. The van der Waals surface area contributed by atoms with Crippen molar-refractivity contribution in [1.82, 2.24) is 0 Å². The van der Waals surface area contributed by atoms with Crippen molar-refractivity contribution in [3.05, 3.63) is 0 Å². The standard InChI is InChI=1S/C88H172O17P2/c1-8-10-11-12-13-14-15-25-34-41-48-55-62-69-85(90)98-76-84(105-88(93)72-65-58-51-44-37-30-32-39-46-53-60-67-80(5)6)78-103-107(96,97)101-74-82(89)73-100-106(94,95)102-77-83(75-99-86(91)70-63-56-49-42-35-28-24-20-21-26-31-38-45-52-59-66-79(3)4)104-87(92)71-64-57-50-43-36-29-23-19-17-16-18-22-27-33-40-47-54-61-68-81(7)9-2/h79-84,89H,8-78H2,1-7H3,(H,94,95)(H,96,97)/t81?,82-,83-,84-/m1/s1. The summed E-state index contributed by atoms with van der Waals surface area (Å²) in [5.41, 5.74) is 0. The summed E-state index contributed by atoms with van der Waals surface area (Å²) in [5, 5.41) is 10.7. The lowest BCUT2D eigenvalue weighted by Gasteiger charge is -2.21. The lowest BCUT2D eigenvalue weighted by atomic mass is 9.99. The van der Waals surface area contributed by atoms with Crippen LogP contribution >= 0.6 is 15.6 Å². The maximum absolute atomic E-state index is 13.2. The van der Waals surface area contributed by atoms with Crippen molar-refractivity contribution in [2.45, 2.75) is 484 Å². The van der Waals surface area contributed by atoms with Crippen LogP contribution in [0.3, 0.4) is 0 Å². The summed E-state index contributed by atoms with van der Waals surface area (Å²) in [6.45, 7) is 12.1. The number of esters is 4. The molecular weight excluding hydrogens is 1390 g/mol. The average molecular weight is 1560 g/mol. The predicted molar refractivity (Wildman–Crippen MR) is 441 cm³/mol. The molecule has 0 saturated heterocycles. The summed E-state index contributed by atoms with van der Waals surface area (Å²) in [7, 11) is -9.93. The summed E-state index contributed by atoms with van der Waals surface area (Å²) in [6, 6.07) is 0. The Balaban J connectivity index is 5.25. The minimum atomic E-state index is -4.97. The molecule has 0 aliphatic heterocycles. The molecule has 0 aliphatic rings. The summed E-state index contributed by atoms with van der Waals surface area (Å²) in [4.78, 5) is 73.3. The zero-order valence-corrected chi connectivity index (χ0v) is 72.4. The molecule has 636 valence electrons. The summed E-state index contributed by atoms with van der Waals surface area (Å²) < 4.78 is 69.0. The van der Waals surface area contributed by atoms with E-state index in [2.05, 4.69) is 48.5 Å². The molecular formula is C88H172O17P2. The average Bonchev–Trinajstić information content (AvgIpc) is 0.902. The molecule has 3 N–H and O–H groups in total. The van der Waals surface area contributed by atoms with E-state index in [-0.39, 0.29) is 25.7 Å². The summed E-state index contributed by atoms with van der Waals surface area (Å²) in [6.07, 6.45) is 69.3. The third-order valence-electron chi connectivity index (χ3n) is 21.0. The van der Waals surface area contributed by atoms with Crippen LogP contribution in [-0.4, -0.2) is 96.7 Å². The first-order valence-corrected chi connectivity index (χ1v) is 48.4. The van der Waals surface area contributed by atoms with E-state index in [0.717, 1.165) is 108 Å². The lowest BCUT2D eigenvalue weighted by Crippen LogP contribution is -2.30. The zero-order chi connectivity index (χ0) is 78.6. The monoisotopic (exact) mass is 1560 g/mol. The van der Waals surface area contributed by atoms with Crippen LogP contribution in [0.4, 0.5) is 0 Å². The minimum Gasteiger partial charge on any atom is -0.462 e. The third kappa shape index (κ3) is 80.5. The molecule has 107 heavy (non-hydrogen) atoms. The van der Waals surface area contributed by atoms with Crippen molar-refractivity contribution in [2.24, 2.45) is 17.8 Å². The Kier molecular flexibility index (Phi) is 76.6. The van der Waals surface area contributed by atoms with E-state index in [0.29, 0.717) is 25.7 Å². The van der Waals surface area contributed by atoms with E-state index in [4.69, 9.17) is 37.0 Å². The largest absolute Gasteiger partial charge is 0.472 e.